The molecule has 0 bridgehead atoms. The van der Waals surface area contributed by atoms with Crippen LogP contribution in [0.4, 0.5) is 0 Å². The number of amides is 2. The highest BCUT2D eigenvalue weighted by molar-refractivity contribution is 6.30. The molecule has 0 aliphatic carbocycles. The van der Waals surface area contributed by atoms with E-state index in [0.29, 0.717) is 30.3 Å². The molecule has 1 N–H and O–H groups in total. The van der Waals surface area contributed by atoms with Gasteiger partial charge in [-0.1, -0.05) is 48.9 Å². The van der Waals surface area contributed by atoms with Gasteiger partial charge in [0.25, 0.3) is 5.91 Å². The molecule has 0 heterocycles. The Morgan fingerprint density at radius 3 is 2.43 bits per heavy atom. The highest BCUT2D eigenvalue weighted by Crippen LogP contribution is 2.16. The number of hydrogen-bond acceptors (Lipinski definition) is 3. The first kappa shape index (κ1) is 21.8. The molecule has 0 saturated heterocycles. The molecule has 0 aliphatic rings. The zero-order valence-corrected chi connectivity index (χ0v) is 17.1. The summed E-state index contributed by atoms with van der Waals surface area (Å²) < 4.78 is 5.59. The van der Waals surface area contributed by atoms with Crippen LogP contribution in [0.5, 0.6) is 5.75 Å². The zero-order valence-electron chi connectivity index (χ0n) is 16.4. The second kappa shape index (κ2) is 11.3. The molecule has 2 rings (SSSR count). The van der Waals surface area contributed by atoms with Crippen molar-refractivity contribution in [1.29, 1.82) is 0 Å². The average molecular weight is 403 g/mol. The van der Waals surface area contributed by atoms with Gasteiger partial charge in [0, 0.05) is 18.1 Å². The first-order valence-corrected chi connectivity index (χ1v) is 9.88. The molecule has 5 nitrogen and oxygen atoms in total. The molecular formula is C22H27ClN2O3. The van der Waals surface area contributed by atoms with Crippen LogP contribution in [-0.4, -0.2) is 42.5 Å². The fraction of sp³-hybridized carbons (Fsp3) is 0.364. The van der Waals surface area contributed by atoms with Crippen LogP contribution in [0.2, 0.25) is 5.02 Å². The molecule has 0 fully saturated rings. The highest BCUT2D eigenvalue weighted by Gasteiger charge is 2.25. The third kappa shape index (κ3) is 6.89. The van der Waals surface area contributed by atoms with Crippen LogP contribution in [0.3, 0.4) is 0 Å². The van der Waals surface area contributed by atoms with Crippen molar-refractivity contribution in [3.05, 3.63) is 65.2 Å². The Balaban J connectivity index is 2.03. The van der Waals surface area contributed by atoms with Crippen molar-refractivity contribution in [3.63, 3.8) is 0 Å². The lowest BCUT2D eigenvalue weighted by atomic mass is 10.1. The first-order chi connectivity index (χ1) is 13.5. The standard InChI is InChI=1S/C22H27ClN2O3/c1-3-14-24-22(27)17(2)25(15-13-18-7-5-4-6-8-18)21(26)16-28-20-11-9-19(23)10-12-20/h4-12,17H,3,13-16H2,1-2H3,(H,24,27)/t17-/m1/s1. The summed E-state index contributed by atoms with van der Waals surface area (Å²) in [5, 5.41) is 3.46. The predicted molar refractivity (Wildman–Crippen MR) is 112 cm³/mol. The first-order valence-electron chi connectivity index (χ1n) is 9.50. The van der Waals surface area contributed by atoms with E-state index in [4.69, 9.17) is 16.3 Å². The molecule has 28 heavy (non-hydrogen) atoms. The number of nitrogens with one attached hydrogen (secondary N) is 1. The number of nitrogens with zero attached hydrogens (tertiary/aromatic N) is 1. The quantitative estimate of drug-likeness (QED) is 0.659. The molecule has 2 aromatic rings. The maximum absolute atomic E-state index is 12.8. The summed E-state index contributed by atoms with van der Waals surface area (Å²) in [4.78, 5) is 26.8. The molecule has 0 saturated carbocycles. The Hall–Kier alpha value is -2.53. The largest absolute Gasteiger partial charge is 0.484 e. The molecule has 6 heteroatoms. The summed E-state index contributed by atoms with van der Waals surface area (Å²) >= 11 is 5.87. The van der Waals surface area contributed by atoms with Gasteiger partial charge in [0.1, 0.15) is 11.8 Å². The minimum Gasteiger partial charge on any atom is -0.484 e. The van der Waals surface area contributed by atoms with Crippen molar-refractivity contribution in [3.8, 4) is 5.75 Å². The van der Waals surface area contributed by atoms with Gasteiger partial charge in [0.15, 0.2) is 6.61 Å². The van der Waals surface area contributed by atoms with Crippen LogP contribution >= 0.6 is 11.6 Å². The second-order valence-electron chi connectivity index (χ2n) is 6.53. The topological polar surface area (TPSA) is 58.6 Å². The van der Waals surface area contributed by atoms with Crippen molar-refractivity contribution in [2.45, 2.75) is 32.7 Å². The summed E-state index contributed by atoms with van der Waals surface area (Å²) in [7, 11) is 0. The van der Waals surface area contributed by atoms with E-state index in [9.17, 15) is 9.59 Å². The number of benzene rings is 2. The van der Waals surface area contributed by atoms with E-state index in [1.807, 2.05) is 37.3 Å². The predicted octanol–water partition coefficient (Wildman–Crippen LogP) is 3.70. The summed E-state index contributed by atoms with van der Waals surface area (Å²) in [5.41, 5.74) is 1.11. The van der Waals surface area contributed by atoms with E-state index in [-0.39, 0.29) is 18.4 Å². The highest BCUT2D eigenvalue weighted by atomic mass is 35.5. The lowest BCUT2D eigenvalue weighted by Gasteiger charge is -2.28. The second-order valence-corrected chi connectivity index (χ2v) is 6.97. The zero-order chi connectivity index (χ0) is 20.4. The van der Waals surface area contributed by atoms with Crippen molar-refractivity contribution in [1.82, 2.24) is 10.2 Å². The van der Waals surface area contributed by atoms with Gasteiger partial charge in [0.2, 0.25) is 5.91 Å². The molecule has 150 valence electrons. The molecular weight excluding hydrogens is 376 g/mol. The minimum absolute atomic E-state index is 0.137. The molecule has 0 aliphatic heterocycles. The minimum atomic E-state index is -0.573. The monoisotopic (exact) mass is 402 g/mol. The Morgan fingerprint density at radius 1 is 1.11 bits per heavy atom. The van der Waals surface area contributed by atoms with Gasteiger partial charge >= 0.3 is 0 Å². The van der Waals surface area contributed by atoms with Gasteiger partial charge in [-0.25, -0.2) is 0 Å². The SMILES string of the molecule is CCCNC(=O)[C@@H](C)N(CCc1ccccc1)C(=O)COc1ccc(Cl)cc1. The molecule has 1 atom stereocenters. The third-order valence-electron chi connectivity index (χ3n) is 4.38. The fourth-order valence-electron chi connectivity index (χ4n) is 2.72. The van der Waals surface area contributed by atoms with Crippen molar-refractivity contribution in [2.24, 2.45) is 0 Å². The van der Waals surface area contributed by atoms with Gasteiger partial charge in [-0.05, 0) is 49.6 Å². The van der Waals surface area contributed by atoms with Crippen molar-refractivity contribution < 1.29 is 14.3 Å². The van der Waals surface area contributed by atoms with E-state index in [1.54, 1.807) is 36.1 Å². The smallest absolute Gasteiger partial charge is 0.261 e. The number of rotatable bonds is 10. The van der Waals surface area contributed by atoms with Crippen LogP contribution in [0, 0.1) is 0 Å². The van der Waals surface area contributed by atoms with Gasteiger partial charge in [-0.2, -0.15) is 0 Å². The van der Waals surface area contributed by atoms with E-state index in [1.165, 1.54) is 0 Å². The number of carbonyl (C=O) groups is 2. The number of hydrogen-bond donors (Lipinski definition) is 1. The van der Waals surface area contributed by atoms with Crippen molar-refractivity contribution in [2.75, 3.05) is 19.7 Å². The van der Waals surface area contributed by atoms with Crippen LogP contribution in [-0.2, 0) is 16.0 Å². The van der Waals surface area contributed by atoms with Crippen LogP contribution in [0.15, 0.2) is 54.6 Å². The van der Waals surface area contributed by atoms with Gasteiger partial charge in [-0.15, -0.1) is 0 Å². The van der Waals surface area contributed by atoms with Crippen molar-refractivity contribution >= 4 is 23.4 Å². The molecule has 2 amide bonds. The van der Waals surface area contributed by atoms with E-state index in [2.05, 4.69) is 5.32 Å². The number of carbonyl (C=O) groups excluding carboxylic acids is 2. The summed E-state index contributed by atoms with van der Waals surface area (Å²) in [5.74, 6) is 0.170. The maximum atomic E-state index is 12.8. The van der Waals surface area contributed by atoms with Gasteiger partial charge in [0.05, 0.1) is 0 Å². The Morgan fingerprint density at radius 2 is 1.79 bits per heavy atom. The Kier molecular flexibility index (Phi) is 8.82. The van der Waals surface area contributed by atoms with Crippen LogP contribution < -0.4 is 10.1 Å². The van der Waals surface area contributed by atoms with E-state index >= 15 is 0 Å². The molecule has 2 aromatic carbocycles. The number of halogens is 1. The van der Waals surface area contributed by atoms with E-state index < -0.39 is 6.04 Å². The fourth-order valence-corrected chi connectivity index (χ4v) is 2.85. The molecule has 0 aromatic heterocycles. The Labute approximate surface area is 171 Å². The summed E-state index contributed by atoms with van der Waals surface area (Å²) in [6.45, 7) is 4.62. The average Bonchev–Trinajstić information content (AvgIpc) is 2.72. The summed E-state index contributed by atoms with van der Waals surface area (Å²) in [6, 6.07) is 16.1. The summed E-state index contributed by atoms with van der Waals surface area (Å²) in [6.07, 6.45) is 1.51. The lowest BCUT2D eigenvalue weighted by Crippen LogP contribution is -2.50. The Bertz CT molecular complexity index is 750. The van der Waals surface area contributed by atoms with Gasteiger partial charge < -0.3 is 15.0 Å². The number of ether oxygens (including phenoxy) is 1. The van der Waals surface area contributed by atoms with Gasteiger partial charge in [-0.3, -0.25) is 9.59 Å². The third-order valence-corrected chi connectivity index (χ3v) is 4.63. The van der Waals surface area contributed by atoms with Crippen LogP contribution in [0.1, 0.15) is 25.8 Å². The maximum Gasteiger partial charge on any atom is 0.261 e. The van der Waals surface area contributed by atoms with E-state index in [0.717, 1.165) is 12.0 Å². The lowest BCUT2D eigenvalue weighted by molar-refractivity contribution is -0.141. The molecule has 0 radical (unpaired) electrons. The van der Waals surface area contributed by atoms with Crippen LogP contribution in [0.25, 0.3) is 0 Å². The normalized spacial score (nSPS) is 11.5. The molecule has 0 spiro atoms. The molecule has 0 unspecified atom stereocenters.